The number of nitrogens with zero attached hydrogens (tertiary/aromatic N) is 4. The lowest BCUT2D eigenvalue weighted by molar-refractivity contribution is -0.153. The van der Waals surface area contributed by atoms with Crippen molar-refractivity contribution >= 4 is 10.9 Å². The van der Waals surface area contributed by atoms with E-state index in [9.17, 15) is 26.3 Å². The maximum Gasteiger partial charge on any atom is 0.422 e. The Morgan fingerprint density at radius 2 is 1.92 bits per heavy atom. The van der Waals surface area contributed by atoms with Crippen LogP contribution < -0.4 is 9.47 Å². The van der Waals surface area contributed by atoms with Gasteiger partial charge in [0.25, 0.3) is 6.43 Å². The van der Waals surface area contributed by atoms with Gasteiger partial charge in [-0.1, -0.05) is 24.3 Å². The summed E-state index contributed by atoms with van der Waals surface area (Å²) in [7, 11) is 0. The Labute approximate surface area is 206 Å². The Morgan fingerprint density at radius 1 is 1.14 bits per heavy atom. The van der Waals surface area contributed by atoms with Crippen molar-refractivity contribution in [2.75, 3.05) is 26.3 Å². The number of alkyl halides is 6. The van der Waals surface area contributed by atoms with Crippen LogP contribution in [0.2, 0.25) is 0 Å². The molecule has 1 aromatic carbocycles. The second kappa shape index (κ2) is 9.58. The van der Waals surface area contributed by atoms with Crippen LogP contribution in [-0.2, 0) is 0 Å². The molecule has 37 heavy (non-hydrogen) atoms. The van der Waals surface area contributed by atoms with Gasteiger partial charge in [-0.05, 0) is 19.4 Å². The van der Waals surface area contributed by atoms with E-state index in [2.05, 4.69) is 15.0 Å². The van der Waals surface area contributed by atoms with Crippen LogP contribution in [0.1, 0.15) is 31.3 Å². The summed E-state index contributed by atoms with van der Waals surface area (Å²) in [5.41, 5.74) is -2.27. The third-order valence-electron chi connectivity index (χ3n) is 6.68. The molecule has 0 amide bonds. The van der Waals surface area contributed by atoms with E-state index < -0.39 is 65.4 Å². The number of rotatable bonds is 7. The maximum absolute atomic E-state index is 15.6. The number of aromatic nitrogens is 3. The molecule has 0 aliphatic carbocycles. The molecule has 0 unspecified atom stereocenters. The normalized spacial score (nSPS) is 22.1. The first kappa shape index (κ1) is 25.4. The highest BCUT2D eigenvalue weighted by Gasteiger charge is 2.49. The molecular weight excluding hydrogens is 509 g/mol. The fraction of sp³-hybridized carbons (Fsp3) is 0.458. The number of fused-ring (bicyclic) bond motifs is 2. The van der Waals surface area contributed by atoms with Crippen molar-refractivity contribution in [3.8, 4) is 23.1 Å². The van der Waals surface area contributed by atoms with E-state index in [1.165, 1.54) is 18.2 Å². The van der Waals surface area contributed by atoms with Crippen molar-refractivity contribution in [3.05, 3.63) is 41.8 Å². The lowest BCUT2D eigenvalue weighted by atomic mass is 9.95. The van der Waals surface area contributed by atoms with Crippen LogP contribution in [0, 0.1) is 5.82 Å². The van der Waals surface area contributed by atoms with Gasteiger partial charge >= 0.3 is 12.2 Å². The highest BCUT2D eigenvalue weighted by Crippen LogP contribution is 2.41. The van der Waals surface area contributed by atoms with E-state index in [0.29, 0.717) is 13.0 Å². The molecule has 0 saturated carbocycles. The fourth-order valence-corrected chi connectivity index (χ4v) is 5.07. The van der Waals surface area contributed by atoms with Crippen LogP contribution >= 0.6 is 0 Å². The topological polar surface area (TPSA) is 60.4 Å². The third-order valence-corrected chi connectivity index (χ3v) is 6.68. The fourth-order valence-electron chi connectivity index (χ4n) is 5.07. The smallest absolute Gasteiger partial charge is 0.422 e. The Kier molecular flexibility index (Phi) is 6.59. The average molecular weight is 530 g/mol. The maximum atomic E-state index is 15.6. The molecule has 3 aromatic rings. The van der Waals surface area contributed by atoms with E-state index in [0.717, 1.165) is 18.7 Å². The Hall–Kier alpha value is -3.22. The molecule has 2 atom stereocenters. The molecule has 0 N–H and O–H groups in total. The van der Waals surface area contributed by atoms with Crippen molar-refractivity contribution in [2.45, 2.75) is 43.6 Å². The van der Waals surface area contributed by atoms with Crippen molar-refractivity contribution < 1.29 is 40.2 Å². The molecule has 198 valence electrons. The van der Waals surface area contributed by atoms with Gasteiger partial charge < -0.3 is 9.47 Å². The molecule has 2 aromatic heterocycles. The number of hydrogen-bond donors (Lipinski definition) is 0. The van der Waals surface area contributed by atoms with Crippen molar-refractivity contribution in [1.29, 1.82) is 0 Å². The van der Waals surface area contributed by atoms with Gasteiger partial charge in [0.15, 0.2) is 12.4 Å². The molecule has 4 heterocycles. The predicted molar refractivity (Wildman–Crippen MR) is 118 cm³/mol. The Balaban J connectivity index is 1.56. The van der Waals surface area contributed by atoms with Gasteiger partial charge in [0.1, 0.15) is 24.0 Å². The summed E-state index contributed by atoms with van der Waals surface area (Å²) in [6, 6.07) is 4.67. The molecule has 5 rings (SSSR count). The largest absolute Gasteiger partial charge is 0.467 e. The summed E-state index contributed by atoms with van der Waals surface area (Å²) in [6.07, 6.45) is -6.05. The van der Waals surface area contributed by atoms with E-state index in [4.69, 9.17) is 9.47 Å². The third kappa shape index (κ3) is 5.00. The van der Waals surface area contributed by atoms with Crippen LogP contribution in [0.4, 0.5) is 30.7 Å². The highest BCUT2D eigenvalue weighted by molar-refractivity contribution is 5.87. The monoisotopic (exact) mass is 530 g/mol. The van der Waals surface area contributed by atoms with Crippen LogP contribution in [0.25, 0.3) is 22.2 Å². The highest BCUT2D eigenvalue weighted by atomic mass is 19.4. The number of pyridine rings is 1. The second-order valence-corrected chi connectivity index (χ2v) is 9.15. The Morgan fingerprint density at radius 3 is 2.68 bits per heavy atom. The molecule has 0 spiro atoms. The molecule has 2 aliphatic rings. The molecule has 13 heteroatoms. The minimum absolute atomic E-state index is 0.0641. The standard InChI is InChI=1S/C24H21F7N4O2/c25-13-8-23(6-3-7-35(23)10-13)11-37-22-33-19-16(21(34-22)36-12-24(29,30)31)9-32-18(17(19)26)14-4-1-2-5-15(14)20(27)28/h1-2,4-5,9,13,20H,3,6-8,10-12H2/t13-,23+/m1/s1. The summed E-state index contributed by atoms with van der Waals surface area (Å²) in [5.74, 6) is -1.78. The first-order valence-corrected chi connectivity index (χ1v) is 11.5. The summed E-state index contributed by atoms with van der Waals surface area (Å²) in [4.78, 5) is 13.7. The van der Waals surface area contributed by atoms with Gasteiger partial charge in [-0.2, -0.15) is 23.1 Å². The lowest BCUT2D eigenvalue weighted by Gasteiger charge is -2.30. The molecular formula is C24H21F7N4O2. The zero-order valence-electron chi connectivity index (χ0n) is 19.2. The number of ether oxygens (including phenoxy) is 2. The summed E-state index contributed by atoms with van der Waals surface area (Å²) in [5, 5.41) is -0.294. The van der Waals surface area contributed by atoms with Crippen molar-refractivity contribution in [3.63, 3.8) is 0 Å². The second-order valence-electron chi connectivity index (χ2n) is 9.15. The first-order chi connectivity index (χ1) is 17.6. The van der Waals surface area contributed by atoms with Gasteiger partial charge in [-0.25, -0.2) is 17.6 Å². The van der Waals surface area contributed by atoms with Crippen LogP contribution in [-0.4, -0.2) is 64.0 Å². The lowest BCUT2D eigenvalue weighted by Crippen LogP contribution is -2.43. The summed E-state index contributed by atoms with van der Waals surface area (Å²) in [6.45, 7) is -0.868. The van der Waals surface area contributed by atoms with Gasteiger partial charge in [-0.15, -0.1) is 0 Å². The molecule has 2 saturated heterocycles. The van der Waals surface area contributed by atoms with E-state index >= 15 is 4.39 Å². The quantitative estimate of drug-likeness (QED) is 0.367. The van der Waals surface area contributed by atoms with Crippen LogP contribution in [0.3, 0.4) is 0 Å². The van der Waals surface area contributed by atoms with E-state index in [1.54, 1.807) is 0 Å². The number of benzene rings is 1. The molecule has 0 radical (unpaired) electrons. The summed E-state index contributed by atoms with van der Waals surface area (Å²) < 4.78 is 106. The Bertz CT molecular complexity index is 1310. The number of hydrogen-bond acceptors (Lipinski definition) is 6. The zero-order chi connectivity index (χ0) is 26.4. The SMILES string of the molecule is Fc1c(-c2ccccc2C(F)F)ncc2c(OCC(F)(F)F)nc(OC[C@@]34CCCN3C[C@H](F)C4)nc12. The van der Waals surface area contributed by atoms with Gasteiger partial charge in [0.2, 0.25) is 5.88 Å². The predicted octanol–water partition coefficient (Wildman–Crippen LogP) is 5.66. The molecule has 6 nitrogen and oxygen atoms in total. The van der Waals surface area contributed by atoms with Crippen LogP contribution in [0.15, 0.2) is 30.5 Å². The first-order valence-electron chi connectivity index (χ1n) is 11.5. The van der Waals surface area contributed by atoms with Crippen molar-refractivity contribution in [1.82, 2.24) is 19.9 Å². The zero-order valence-corrected chi connectivity index (χ0v) is 19.2. The minimum Gasteiger partial charge on any atom is -0.467 e. The van der Waals surface area contributed by atoms with E-state index in [1.807, 2.05) is 4.90 Å². The average Bonchev–Trinajstić information content (AvgIpc) is 3.37. The van der Waals surface area contributed by atoms with Crippen molar-refractivity contribution in [2.24, 2.45) is 0 Å². The van der Waals surface area contributed by atoms with E-state index in [-0.39, 0.29) is 30.5 Å². The minimum atomic E-state index is -4.72. The van der Waals surface area contributed by atoms with Crippen LogP contribution in [0.5, 0.6) is 11.9 Å². The summed E-state index contributed by atoms with van der Waals surface area (Å²) >= 11 is 0. The van der Waals surface area contributed by atoms with Gasteiger partial charge in [-0.3, -0.25) is 9.88 Å². The van der Waals surface area contributed by atoms with Gasteiger partial charge in [0.05, 0.1) is 10.9 Å². The molecule has 2 aliphatic heterocycles. The van der Waals surface area contributed by atoms with Gasteiger partial charge in [0, 0.05) is 30.3 Å². The molecule has 2 fully saturated rings. The molecule has 0 bridgehead atoms. The number of halogens is 7.